The van der Waals surface area contributed by atoms with Crippen molar-refractivity contribution in [2.75, 3.05) is 17.3 Å². The Morgan fingerprint density at radius 1 is 1.30 bits per heavy atom. The van der Waals surface area contributed by atoms with Crippen molar-refractivity contribution in [3.05, 3.63) is 28.9 Å². The monoisotopic (exact) mass is 409 g/mol. The number of sulfone groups is 1. The average molecular weight is 410 g/mol. The molecule has 1 aliphatic heterocycles. The molecular formula is C18H23N3O4S2. The number of aromatic nitrogens is 3. The maximum atomic E-state index is 12.6. The fourth-order valence-electron chi connectivity index (χ4n) is 3.82. The first-order chi connectivity index (χ1) is 12.8. The van der Waals surface area contributed by atoms with E-state index in [0.29, 0.717) is 30.0 Å². The molecular weight excluding hydrogens is 386 g/mol. The van der Waals surface area contributed by atoms with Gasteiger partial charge in [-0.05, 0) is 45.1 Å². The molecule has 9 heteroatoms. The Morgan fingerprint density at radius 3 is 2.74 bits per heavy atom. The molecule has 2 aromatic rings. The lowest BCUT2D eigenvalue weighted by Gasteiger charge is -2.07. The van der Waals surface area contributed by atoms with E-state index in [2.05, 4.69) is 14.8 Å². The van der Waals surface area contributed by atoms with E-state index in [-0.39, 0.29) is 29.0 Å². The van der Waals surface area contributed by atoms with Crippen molar-refractivity contribution in [2.45, 2.75) is 50.8 Å². The van der Waals surface area contributed by atoms with Gasteiger partial charge in [-0.25, -0.2) is 8.42 Å². The number of ketones is 1. The number of Topliss-reactive ketones (excluding diaryl/α,β-unsaturated/α-hetero) is 1. The maximum Gasteiger partial charge on any atom is 0.277 e. The molecule has 0 bridgehead atoms. The predicted octanol–water partition coefficient (Wildman–Crippen LogP) is 2.78. The SMILES string of the molecule is Cc1cc(C(=O)CSc2nnc(C[C@@H]3CCS(=O)(=O)C3)o2)c(C)n1C1CC1. The smallest absolute Gasteiger partial charge is 0.277 e. The van der Waals surface area contributed by atoms with Gasteiger partial charge in [0, 0.05) is 29.4 Å². The number of nitrogens with zero attached hydrogens (tertiary/aromatic N) is 3. The Bertz CT molecular complexity index is 973. The van der Waals surface area contributed by atoms with E-state index in [4.69, 9.17) is 4.42 Å². The summed E-state index contributed by atoms with van der Waals surface area (Å²) in [4.78, 5) is 12.6. The van der Waals surface area contributed by atoms with Gasteiger partial charge in [-0.3, -0.25) is 4.79 Å². The lowest BCUT2D eigenvalue weighted by molar-refractivity contribution is 0.102. The highest BCUT2D eigenvalue weighted by Crippen LogP contribution is 2.38. The van der Waals surface area contributed by atoms with Gasteiger partial charge >= 0.3 is 0 Å². The molecule has 2 aromatic heterocycles. The number of rotatable bonds is 7. The lowest BCUT2D eigenvalue weighted by atomic mass is 10.1. The van der Waals surface area contributed by atoms with Crippen LogP contribution in [0.25, 0.3) is 0 Å². The summed E-state index contributed by atoms with van der Waals surface area (Å²) >= 11 is 1.23. The summed E-state index contributed by atoms with van der Waals surface area (Å²) in [5.74, 6) is 1.21. The Morgan fingerprint density at radius 2 is 2.07 bits per heavy atom. The summed E-state index contributed by atoms with van der Waals surface area (Å²) < 4.78 is 30.9. The molecule has 2 fully saturated rings. The molecule has 1 saturated carbocycles. The number of thioether (sulfide) groups is 1. The van der Waals surface area contributed by atoms with Crippen LogP contribution >= 0.6 is 11.8 Å². The molecule has 7 nitrogen and oxygen atoms in total. The van der Waals surface area contributed by atoms with Gasteiger partial charge in [0.2, 0.25) is 5.89 Å². The molecule has 1 aliphatic carbocycles. The number of aryl methyl sites for hydroxylation is 1. The molecule has 0 aromatic carbocycles. The van der Waals surface area contributed by atoms with Crippen LogP contribution in [-0.4, -0.2) is 46.2 Å². The summed E-state index contributed by atoms with van der Waals surface area (Å²) in [6.45, 7) is 4.05. The molecule has 146 valence electrons. The highest BCUT2D eigenvalue weighted by molar-refractivity contribution is 7.99. The van der Waals surface area contributed by atoms with Crippen LogP contribution in [0, 0.1) is 19.8 Å². The van der Waals surface area contributed by atoms with E-state index in [1.165, 1.54) is 24.6 Å². The molecule has 4 rings (SSSR count). The largest absolute Gasteiger partial charge is 0.416 e. The second-order valence-corrected chi connectivity index (χ2v) is 10.7. The van der Waals surface area contributed by atoms with Crippen LogP contribution < -0.4 is 0 Å². The fourth-order valence-corrected chi connectivity index (χ4v) is 6.34. The molecule has 0 amide bonds. The van der Waals surface area contributed by atoms with E-state index in [1.54, 1.807) is 0 Å². The van der Waals surface area contributed by atoms with Gasteiger partial charge in [-0.15, -0.1) is 10.2 Å². The Balaban J connectivity index is 1.35. The molecule has 1 saturated heterocycles. The van der Waals surface area contributed by atoms with Crippen LogP contribution in [0.5, 0.6) is 0 Å². The van der Waals surface area contributed by atoms with Crippen LogP contribution in [0.4, 0.5) is 0 Å². The van der Waals surface area contributed by atoms with Crippen molar-refractivity contribution < 1.29 is 17.6 Å². The third-order valence-corrected chi connectivity index (χ3v) is 7.92. The summed E-state index contributed by atoms with van der Waals surface area (Å²) in [6.07, 6.45) is 3.49. The molecule has 3 heterocycles. The number of carbonyl (C=O) groups is 1. The highest BCUT2D eigenvalue weighted by atomic mass is 32.2. The van der Waals surface area contributed by atoms with Gasteiger partial charge in [0.25, 0.3) is 5.22 Å². The third-order valence-electron chi connectivity index (χ3n) is 5.26. The van der Waals surface area contributed by atoms with Crippen LogP contribution in [0.1, 0.15) is 52.9 Å². The summed E-state index contributed by atoms with van der Waals surface area (Å²) in [7, 11) is -2.91. The molecule has 0 N–H and O–H groups in total. The Hall–Kier alpha value is -1.61. The quantitative estimate of drug-likeness (QED) is 0.512. The Kier molecular flexibility index (Phi) is 4.92. The van der Waals surface area contributed by atoms with Gasteiger partial charge in [0.05, 0.1) is 17.3 Å². The van der Waals surface area contributed by atoms with Crippen molar-refractivity contribution in [3.8, 4) is 0 Å². The zero-order valence-electron chi connectivity index (χ0n) is 15.5. The minimum Gasteiger partial charge on any atom is -0.416 e. The summed E-state index contributed by atoms with van der Waals surface area (Å²) in [6, 6.07) is 2.52. The minimum absolute atomic E-state index is 0.0442. The number of hydrogen-bond acceptors (Lipinski definition) is 7. The van der Waals surface area contributed by atoms with Gasteiger partial charge in [-0.1, -0.05) is 11.8 Å². The van der Waals surface area contributed by atoms with Crippen molar-refractivity contribution >= 4 is 27.4 Å². The average Bonchev–Trinajstić information content (AvgIpc) is 3.12. The van der Waals surface area contributed by atoms with Crippen molar-refractivity contribution in [1.82, 2.24) is 14.8 Å². The first kappa shape index (κ1) is 18.7. The normalized spacial score (nSPS) is 21.6. The minimum atomic E-state index is -2.91. The molecule has 0 spiro atoms. The fraction of sp³-hybridized carbons (Fsp3) is 0.611. The van der Waals surface area contributed by atoms with Gasteiger partial charge in [0.1, 0.15) is 0 Å². The van der Waals surface area contributed by atoms with E-state index in [9.17, 15) is 13.2 Å². The zero-order valence-corrected chi connectivity index (χ0v) is 17.1. The van der Waals surface area contributed by atoms with E-state index in [0.717, 1.165) is 17.0 Å². The summed E-state index contributed by atoms with van der Waals surface area (Å²) in [5, 5.41) is 8.34. The number of hydrogen-bond donors (Lipinski definition) is 0. The van der Waals surface area contributed by atoms with E-state index in [1.807, 2.05) is 19.9 Å². The standard InChI is InChI=1S/C18H23N3O4S2/c1-11-7-15(12(2)21(11)14-3-4-14)16(22)9-26-18-20-19-17(25-18)8-13-5-6-27(23,24)10-13/h7,13-14H,3-6,8-10H2,1-2H3/t13-/m0/s1. The molecule has 1 atom stereocenters. The lowest BCUT2D eigenvalue weighted by Crippen LogP contribution is -2.07. The second-order valence-electron chi connectivity index (χ2n) is 7.53. The maximum absolute atomic E-state index is 12.6. The zero-order chi connectivity index (χ0) is 19.2. The Labute approximate surface area is 162 Å². The van der Waals surface area contributed by atoms with Crippen molar-refractivity contribution in [1.29, 1.82) is 0 Å². The van der Waals surface area contributed by atoms with Crippen LogP contribution in [-0.2, 0) is 16.3 Å². The predicted molar refractivity (Wildman–Crippen MR) is 102 cm³/mol. The van der Waals surface area contributed by atoms with Gasteiger partial charge in [0.15, 0.2) is 15.6 Å². The van der Waals surface area contributed by atoms with Crippen molar-refractivity contribution in [2.24, 2.45) is 5.92 Å². The van der Waals surface area contributed by atoms with Gasteiger partial charge < -0.3 is 8.98 Å². The summed E-state index contributed by atoms with van der Waals surface area (Å²) in [5.41, 5.74) is 2.94. The first-order valence-corrected chi connectivity index (χ1v) is 12.0. The van der Waals surface area contributed by atoms with E-state index >= 15 is 0 Å². The second kappa shape index (κ2) is 7.09. The van der Waals surface area contributed by atoms with Gasteiger partial charge in [-0.2, -0.15) is 0 Å². The topological polar surface area (TPSA) is 95.1 Å². The van der Waals surface area contributed by atoms with E-state index < -0.39 is 9.84 Å². The molecule has 2 aliphatic rings. The molecule has 0 unspecified atom stereocenters. The van der Waals surface area contributed by atoms with Crippen LogP contribution in [0.3, 0.4) is 0 Å². The van der Waals surface area contributed by atoms with Crippen LogP contribution in [0.15, 0.2) is 15.7 Å². The highest BCUT2D eigenvalue weighted by Gasteiger charge is 2.30. The van der Waals surface area contributed by atoms with Crippen LogP contribution in [0.2, 0.25) is 0 Å². The number of carbonyl (C=O) groups excluding carboxylic acids is 1. The van der Waals surface area contributed by atoms with Crippen molar-refractivity contribution in [3.63, 3.8) is 0 Å². The first-order valence-electron chi connectivity index (χ1n) is 9.19. The molecule has 27 heavy (non-hydrogen) atoms. The molecule has 0 radical (unpaired) electrons. The third kappa shape index (κ3) is 4.13.